The van der Waals surface area contributed by atoms with Gasteiger partial charge in [0.25, 0.3) is 5.92 Å². The van der Waals surface area contributed by atoms with Gasteiger partial charge in [0, 0.05) is 0 Å². The van der Waals surface area contributed by atoms with Crippen molar-refractivity contribution in [3.05, 3.63) is 0 Å². The maximum atomic E-state index is 12.9. The highest BCUT2D eigenvalue weighted by molar-refractivity contribution is 4.89. The molecule has 0 aromatic heterocycles. The molecule has 2 nitrogen and oxygen atoms in total. The summed E-state index contributed by atoms with van der Waals surface area (Å²) in [5.74, 6) is -2.00. The number of ether oxygens (including phenoxy) is 1. The Labute approximate surface area is 89.4 Å². The van der Waals surface area contributed by atoms with E-state index in [9.17, 15) is 8.78 Å². The first kappa shape index (κ1) is 11.3. The first-order valence-corrected chi connectivity index (χ1v) is 5.78. The molecule has 1 saturated heterocycles. The van der Waals surface area contributed by atoms with Crippen LogP contribution < -0.4 is 5.32 Å². The Bertz CT molecular complexity index is 223. The molecule has 0 radical (unpaired) electrons. The van der Waals surface area contributed by atoms with Crippen molar-refractivity contribution in [1.82, 2.24) is 5.32 Å². The fourth-order valence-corrected chi connectivity index (χ4v) is 2.44. The van der Waals surface area contributed by atoms with Crippen molar-refractivity contribution in [2.24, 2.45) is 5.92 Å². The molecule has 15 heavy (non-hydrogen) atoms. The number of halogens is 2. The maximum absolute atomic E-state index is 12.9. The lowest BCUT2D eigenvalue weighted by Crippen LogP contribution is -2.58. The minimum atomic E-state index is -2.69. The lowest BCUT2D eigenvalue weighted by Gasteiger charge is -2.40. The first-order valence-electron chi connectivity index (χ1n) is 5.78. The molecule has 1 aliphatic carbocycles. The summed E-state index contributed by atoms with van der Waals surface area (Å²) >= 11 is 0. The lowest BCUT2D eigenvalue weighted by molar-refractivity contribution is -0.198. The Hall–Kier alpha value is -0.220. The van der Waals surface area contributed by atoms with Crippen molar-refractivity contribution >= 4 is 0 Å². The number of rotatable bonds is 0. The van der Waals surface area contributed by atoms with Crippen molar-refractivity contribution in [2.75, 3.05) is 13.2 Å². The summed E-state index contributed by atoms with van der Waals surface area (Å²) in [6.07, 6.45) is 5.05. The summed E-state index contributed by atoms with van der Waals surface area (Å²) in [5.41, 5.74) is -0.452. The molecule has 2 aliphatic rings. The van der Waals surface area contributed by atoms with Gasteiger partial charge in [-0.2, -0.15) is 0 Å². The van der Waals surface area contributed by atoms with Gasteiger partial charge in [0.15, 0.2) is 0 Å². The number of alkyl halides is 2. The number of nitrogens with one attached hydrogen (secondary N) is 1. The maximum Gasteiger partial charge on any atom is 0.283 e. The highest BCUT2D eigenvalue weighted by atomic mass is 19.3. The highest BCUT2D eigenvalue weighted by Crippen LogP contribution is 2.35. The summed E-state index contributed by atoms with van der Waals surface area (Å²) in [5, 5.41) is 2.91. The second-order valence-corrected chi connectivity index (χ2v) is 5.03. The smallest absolute Gasteiger partial charge is 0.283 e. The van der Waals surface area contributed by atoms with Crippen LogP contribution in [0.5, 0.6) is 0 Å². The molecule has 0 bridgehead atoms. The predicted molar refractivity (Wildman–Crippen MR) is 53.9 cm³/mol. The largest absolute Gasteiger partial charge is 0.354 e. The molecule has 2 atom stereocenters. The fourth-order valence-electron chi connectivity index (χ4n) is 2.44. The molecule has 2 rings (SSSR count). The molecule has 4 heteroatoms. The van der Waals surface area contributed by atoms with E-state index in [4.69, 9.17) is 4.74 Å². The molecule has 0 aromatic carbocycles. The SMILES string of the molecule is CC1CCCC2(CC1)NCC(F)(F)CO2. The van der Waals surface area contributed by atoms with Crippen LogP contribution in [0.4, 0.5) is 8.78 Å². The summed E-state index contributed by atoms with van der Waals surface area (Å²) < 4.78 is 31.3. The number of hydrogen-bond acceptors (Lipinski definition) is 2. The van der Waals surface area contributed by atoms with Crippen LogP contribution in [-0.2, 0) is 4.74 Å². The third-order valence-corrected chi connectivity index (χ3v) is 3.55. The van der Waals surface area contributed by atoms with Gasteiger partial charge >= 0.3 is 0 Å². The van der Waals surface area contributed by atoms with Gasteiger partial charge in [-0.15, -0.1) is 0 Å². The van der Waals surface area contributed by atoms with Gasteiger partial charge in [0.2, 0.25) is 0 Å². The third-order valence-electron chi connectivity index (χ3n) is 3.55. The van der Waals surface area contributed by atoms with E-state index in [1.165, 1.54) is 6.42 Å². The zero-order valence-electron chi connectivity index (χ0n) is 9.19. The van der Waals surface area contributed by atoms with E-state index >= 15 is 0 Å². The van der Waals surface area contributed by atoms with E-state index in [1.54, 1.807) is 0 Å². The molecule has 1 spiro atoms. The zero-order valence-corrected chi connectivity index (χ0v) is 9.19. The monoisotopic (exact) mass is 219 g/mol. The molecular formula is C11H19F2NO. The standard InChI is InChI=1S/C11H19F2NO/c1-9-3-2-5-11(6-4-9)14-7-10(12,13)8-15-11/h9,14H,2-8H2,1H3. The van der Waals surface area contributed by atoms with Gasteiger partial charge in [-0.1, -0.05) is 13.3 Å². The topological polar surface area (TPSA) is 21.3 Å². The highest BCUT2D eigenvalue weighted by Gasteiger charge is 2.44. The molecule has 1 saturated carbocycles. The Kier molecular flexibility index (Phi) is 2.99. The molecule has 0 aromatic rings. The molecule has 2 fully saturated rings. The lowest BCUT2D eigenvalue weighted by atomic mass is 10.0. The Balaban J connectivity index is 1.96. The minimum Gasteiger partial charge on any atom is -0.354 e. The average molecular weight is 219 g/mol. The molecule has 1 aliphatic heterocycles. The van der Waals surface area contributed by atoms with Crippen LogP contribution in [0.25, 0.3) is 0 Å². The van der Waals surface area contributed by atoms with Crippen LogP contribution in [-0.4, -0.2) is 24.8 Å². The van der Waals surface area contributed by atoms with E-state index in [2.05, 4.69) is 12.2 Å². The molecule has 1 heterocycles. The zero-order chi connectivity index (χ0) is 10.9. The Morgan fingerprint density at radius 1 is 1.27 bits per heavy atom. The summed E-state index contributed by atoms with van der Waals surface area (Å²) in [4.78, 5) is 0. The summed E-state index contributed by atoms with van der Waals surface area (Å²) in [7, 11) is 0. The van der Waals surface area contributed by atoms with Crippen molar-refractivity contribution in [2.45, 2.75) is 50.7 Å². The summed E-state index contributed by atoms with van der Waals surface area (Å²) in [6.45, 7) is 1.56. The van der Waals surface area contributed by atoms with Gasteiger partial charge in [-0.3, -0.25) is 5.32 Å². The van der Waals surface area contributed by atoms with E-state index < -0.39 is 18.3 Å². The first-order chi connectivity index (χ1) is 7.02. The van der Waals surface area contributed by atoms with Gasteiger partial charge in [0.1, 0.15) is 12.3 Å². The van der Waals surface area contributed by atoms with Crippen LogP contribution in [0.2, 0.25) is 0 Å². The van der Waals surface area contributed by atoms with E-state index in [0.29, 0.717) is 5.92 Å². The Morgan fingerprint density at radius 3 is 2.73 bits per heavy atom. The van der Waals surface area contributed by atoms with Crippen molar-refractivity contribution in [3.63, 3.8) is 0 Å². The van der Waals surface area contributed by atoms with Crippen molar-refractivity contribution in [3.8, 4) is 0 Å². The summed E-state index contributed by atoms with van der Waals surface area (Å²) in [6, 6.07) is 0. The van der Waals surface area contributed by atoms with E-state index in [-0.39, 0.29) is 6.54 Å². The minimum absolute atomic E-state index is 0.235. The van der Waals surface area contributed by atoms with E-state index in [0.717, 1.165) is 25.7 Å². The van der Waals surface area contributed by atoms with Gasteiger partial charge in [-0.25, -0.2) is 8.78 Å². The van der Waals surface area contributed by atoms with Crippen LogP contribution in [0.15, 0.2) is 0 Å². The Morgan fingerprint density at radius 2 is 2.07 bits per heavy atom. The van der Waals surface area contributed by atoms with Gasteiger partial charge in [-0.05, 0) is 31.6 Å². The molecule has 88 valence electrons. The molecule has 0 amide bonds. The second-order valence-electron chi connectivity index (χ2n) is 5.03. The second kappa shape index (κ2) is 3.98. The number of hydrogen-bond donors (Lipinski definition) is 1. The fraction of sp³-hybridized carbons (Fsp3) is 1.00. The van der Waals surface area contributed by atoms with Gasteiger partial charge in [0.05, 0.1) is 6.54 Å². The van der Waals surface area contributed by atoms with Gasteiger partial charge < -0.3 is 4.74 Å². The third kappa shape index (κ3) is 2.67. The quantitative estimate of drug-likeness (QED) is 0.676. The van der Waals surface area contributed by atoms with E-state index in [1.807, 2.05) is 0 Å². The van der Waals surface area contributed by atoms with Crippen molar-refractivity contribution in [1.29, 1.82) is 0 Å². The van der Waals surface area contributed by atoms with Crippen LogP contribution >= 0.6 is 0 Å². The molecule has 1 N–H and O–H groups in total. The van der Waals surface area contributed by atoms with Crippen LogP contribution in [0.3, 0.4) is 0 Å². The normalized spacial score (nSPS) is 41.4. The predicted octanol–water partition coefficient (Wildman–Crippen LogP) is 2.54. The molecular weight excluding hydrogens is 200 g/mol. The molecule has 2 unspecified atom stereocenters. The van der Waals surface area contributed by atoms with Crippen LogP contribution in [0.1, 0.15) is 39.0 Å². The van der Waals surface area contributed by atoms with Crippen molar-refractivity contribution < 1.29 is 13.5 Å². The van der Waals surface area contributed by atoms with Crippen LogP contribution in [0, 0.1) is 5.92 Å². The average Bonchev–Trinajstić information content (AvgIpc) is 2.36.